The lowest BCUT2D eigenvalue weighted by Gasteiger charge is -2.42. The Bertz CT molecular complexity index is 905. The summed E-state index contributed by atoms with van der Waals surface area (Å²) in [5.74, 6) is -2.25. The minimum absolute atomic E-state index is 0.165. The van der Waals surface area contributed by atoms with Gasteiger partial charge in [0.1, 0.15) is 24.2 Å². The van der Waals surface area contributed by atoms with Crippen LogP contribution in [0.4, 0.5) is 0 Å². The van der Waals surface area contributed by atoms with Crippen molar-refractivity contribution in [1.29, 1.82) is 0 Å². The minimum Gasteiger partial charge on any atom is -0.388 e. The van der Waals surface area contributed by atoms with Crippen molar-refractivity contribution >= 4 is 35.4 Å². The number of amidine groups is 1. The number of fused-ring (bicyclic) bond motifs is 1. The predicted molar refractivity (Wildman–Crippen MR) is 131 cm³/mol. The molecule has 3 aliphatic rings. The molecule has 0 spiro atoms. The lowest BCUT2D eigenvalue weighted by Crippen LogP contribution is -2.64. The third-order valence-corrected chi connectivity index (χ3v) is 7.10. The Labute approximate surface area is 210 Å². The summed E-state index contributed by atoms with van der Waals surface area (Å²) >= 11 is 0. The average Bonchev–Trinajstić information content (AvgIpc) is 3.27. The second kappa shape index (κ2) is 12.2. The van der Waals surface area contributed by atoms with Crippen molar-refractivity contribution in [2.45, 2.75) is 82.6 Å². The van der Waals surface area contributed by atoms with Gasteiger partial charge in [0, 0.05) is 18.5 Å². The lowest BCUT2D eigenvalue weighted by molar-refractivity contribution is -0.149. The number of rotatable bonds is 6. The standard InChI is InChI=1S/C23H38N8O5/c1-3-15-21(34)30-19-13(10-24)9-14-6-7-17(31(14)23(19)36)22(35)29-16(5-4-8-26-12(2)25)20(33)27-11-18(32)28-15/h13-17,19H,3-11,24H2,1-2H3,(H2,25,26)(H,27,33)(H,28,32)(H,29,35)(H,30,34)/t13-,14-,15-,16-,17-,19+/m0/s1. The van der Waals surface area contributed by atoms with Crippen LogP contribution in [-0.4, -0.2) is 90.1 Å². The normalized spacial score (nSPS) is 32.1. The first-order valence-corrected chi connectivity index (χ1v) is 12.6. The van der Waals surface area contributed by atoms with Gasteiger partial charge in [-0.3, -0.25) is 29.0 Å². The molecule has 0 aromatic rings. The first kappa shape index (κ1) is 27.4. The number of hydrogen-bond donors (Lipinski definition) is 6. The van der Waals surface area contributed by atoms with Gasteiger partial charge in [0.2, 0.25) is 29.5 Å². The van der Waals surface area contributed by atoms with Crippen molar-refractivity contribution in [3.05, 3.63) is 0 Å². The predicted octanol–water partition coefficient (Wildman–Crippen LogP) is -2.52. The molecule has 0 radical (unpaired) electrons. The van der Waals surface area contributed by atoms with Gasteiger partial charge in [-0.25, -0.2) is 0 Å². The highest BCUT2D eigenvalue weighted by atomic mass is 16.2. The van der Waals surface area contributed by atoms with E-state index >= 15 is 0 Å². The average molecular weight is 507 g/mol. The molecule has 3 fully saturated rings. The summed E-state index contributed by atoms with van der Waals surface area (Å²) < 4.78 is 0. The molecule has 13 heteroatoms. The van der Waals surface area contributed by atoms with Gasteiger partial charge in [-0.1, -0.05) is 6.92 Å². The highest BCUT2D eigenvalue weighted by Gasteiger charge is 2.50. The van der Waals surface area contributed by atoms with E-state index < -0.39 is 47.8 Å². The molecule has 0 unspecified atom stereocenters. The third kappa shape index (κ3) is 6.31. The topological polar surface area (TPSA) is 201 Å². The van der Waals surface area contributed by atoms with E-state index in [1.165, 1.54) is 0 Å². The lowest BCUT2D eigenvalue weighted by atomic mass is 9.86. The maximum Gasteiger partial charge on any atom is 0.246 e. The molecule has 6 atom stereocenters. The number of carbonyl (C=O) groups is 5. The Morgan fingerprint density at radius 3 is 2.44 bits per heavy atom. The molecule has 0 aromatic carbocycles. The molecule has 0 saturated carbocycles. The van der Waals surface area contributed by atoms with E-state index in [9.17, 15) is 24.0 Å². The van der Waals surface area contributed by atoms with Gasteiger partial charge >= 0.3 is 0 Å². The zero-order valence-electron chi connectivity index (χ0n) is 20.9. The van der Waals surface area contributed by atoms with Gasteiger partial charge in [-0.2, -0.15) is 0 Å². The van der Waals surface area contributed by atoms with Gasteiger partial charge in [0.05, 0.1) is 12.4 Å². The number of carbonyl (C=O) groups excluding carboxylic acids is 5. The Kier molecular flexibility index (Phi) is 9.24. The second-order valence-corrected chi connectivity index (χ2v) is 9.68. The monoisotopic (exact) mass is 506 g/mol. The van der Waals surface area contributed by atoms with E-state index in [2.05, 4.69) is 26.3 Å². The molecular weight excluding hydrogens is 468 g/mol. The maximum absolute atomic E-state index is 13.5. The SMILES string of the molecule is CC[C@@H]1NC(=O)CNC(=O)[C@H](CCCN=C(C)N)NC(=O)[C@@H]2CC[C@H]3C[C@@H](CN)[C@@H](NC1=O)C(=O)N32. The van der Waals surface area contributed by atoms with E-state index in [0.29, 0.717) is 44.5 Å². The molecule has 0 aliphatic carbocycles. The number of nitrogens with one attached hydrogen (secondary N) is 4. The molecule has 3 aliphatic heterocycles. The van der Waals surface area contributed by atoms with Crippen LogP contribution in [0.5, 0.6) is 0 Å². The van der Waals surface area contributed by atoms with Crippen LogP contribution in [0.3, 0.4) is 0 Å². The van der Waals surface area contributed by atoms with Gasteiger partial charge in [0.15, 0.2) is 0 Å². The van der Waals surface area contributed by atoms with Crippen LogP contribution in [0.25, 0.3) is 0 Å². The number of nitrogens with zero attached hydrogens (tertiary/aromatic N) is 2. The van der Waals surface area contributed by atoms with E-state index in [1.54, 1.807) is 18.7 Å². The van der Waals surface area contributed by atoms with Crippen molar-refractivity contribution in [3.63, 3.8) is 0 Å². The first-order chi connectivity index (χ1) is 17.2. The maximum atomic E-state index is 13.5. The van der Waals surface area contributed by atoms with Gasteiger partial charge in [-0.05, 0) is 52.0 Å². The van der Waals surface area contributed by atoms with E-state index in [0.717, 1.165) is 0 Å². The zero-order chi connectivity index (χ0) is 26.4. The Morgan fingerprint density at radius 2 is 1.78 bits per heavy atom. The summed E-state index contributed by atoms with van der Waals surface area (Å²) in [6, 6.07) is -3.62. The smallest absolute Gasteiger partial charge is 0.246 e. The quantitative estimate of drug-likeness (QED) is 0.129. The second-order valence-electron chi connectivity index (χ2n) is 9.68. The van der Waals surface area contributed by atoms with Crippen molar-refractivity contribution < 1.29 is 24.0 Å². The highest BCUT2D eigenvalue weighted by Crippen LogP contribution is 2.35. The van der Waals surface area contributed by atoms with Crippen molar-refractivity contribution in [1.82, 2.24) is 26.2 Å². The molecule has 200 valence electrons. The Morgan fingerprint density at radius 1 is 1.03 bits per heavy atom. The Balaban J connectivity index is 1.88. The van der Waals surface area contributed by atoms with E-state index in [1.807, 2.05) is 0 Å². The van der Waals surface area contributed by atoms with Gasteiger partial charge in [-0.15, -0.1) is 0 Å². The van der Waals surface area contributed by atoms with Crippen molar-refractivity contribution in [2.75, 3.05) is 19.6 Å². The van der Waals surface area contributed by atoms with Crippen molar-refractivity contribution in [3.8, 4) is 0 Å². The van der Waals surface area contributed by atoms with Gasteiger partial charge < -0.3 is 37.6 Å². The van der Waals surface area contributed by atoms with E-state index in [-0.39, 0.29) is 37.4 Å². The minimum atomic E-state index is -0.919. The summed E-state index contributed by atoms with van der Waals surface area (Å²) in [4.78, 5) is 70.9. The number of amides is 5. The molecule has 36 heavy (non-hydrogen) atoms. The zero-order valence-corrected chi connectivity index (χ0v) is 20.9. The van der Waals surface area contributed by atoms with Crippen LogP contribution in [0.2, 0.25) is 0 Å². The van der Waals surface area contributed by atoms with E-state index in [4.69, 9.17) is 11.5 Å². The van der Waals surface area contributed by atoms with Crippen LogP contribution >= 0.6 is 0 Å². The Hall–Kier alpha value is -3.22. The molecule has 5 amide bonds. The van der Waals surface area contributed by atoms with Crippen LogP contribution in [0, 0.1) is 5.92 Å². The van der Waals surface area contributed by atoms with Gasteiger partial charge in [0.25, 0.3) is 0 Å². The molecule has 13 nitrogen and oxygen atoms in total. The van der Waals surface area contributed by atoms with Crippen LogP contribution < -0.4 is 32.7 Å². The molecule has 8 N–H and O–H groups in total. The number of piperidine rings is 1. The highest BCUT2D eigenvalue weighted by molar-refractivity contribution is 5.98. The summed E-state index contributed by atoms with van der Waals surface area (Å²) in [6.07, 6.45) is 2.68. The summed E-state index contributed by atoms with van der Waals surface area (Å²) in [5, 5.41) is 10.7. The summed E-state index contributed by atoms with van der Waals surface area (Å²) in [7, 11) is 0. The fraction of sp³-hybridized carbons (Fsp3) is 0.739. The molecular formula is C23H38N8O5. The molecule has 3 heterocycles. The largest absolute Gasteiger partial charge is 0.388 e. The fourth-order valence-corrected chi connectivity index (χ4v) is 5.20. The van der Waals surface area contributed by atoms with Crippen LogP contribution in [0.1, 0.15) is 52.4 Å². The van der Waals surface area contributed by atoms with Crippen LogP contribution in [-0.2, 0) is 24.0 Å². The summed E-state index contributed by atoms with van der Waals surface area (Å²) in [6.45, 7) is 3.62. The number of nitrogens with two attached hydrogens (primary N) is 2. The van der Waals surface area contributed by atoms with Crippen molar-refractivity contribution in [2.24, 2.45) is 22.4 Å². The molecule has 0 aromatic heterocycles. The summed E-state index contributed by atoms with van der Waals surface area (Å²) in [5.41, 5.74) is 11.5. The number of aliphatic imine (C=N–C) groups is 1. The third-order valence-electron chi connectivity index (χ3n) is 7.10. The molecule has 2 bridgehead atoms. The first-order valence-electron chi connectivity index (χ1n) is 12.6. The molecule has 3 rings (SSSR count). The fourth-order valence-electron chi connectivity index (χ4n) is 5.20. The number of hydrogen-bond acceptors (Lipinski definition) is 7. The molecule has 3 saturated heterocycles. The van der Waals surface area contributed by atoms with Crippen LogP contribution in [0.15, 0.2) is 4.99 Å².